The van der Waals surface area contributed by atoms with Crippen LogP contribution < -0.4 is 0 Å². The van der Waals surface area contributed by atoms with Crippen LogP contribution in [0.15, 0.2) is 24.3 Å². The van der Waals surface area contributed by atoms with Gasteiger partial charge in [0.05, 0.1) is 14.2 Å². The van der Waals surface area contributed by atoms with E-state index in [1.54, 1.807) is 24.3 Å². The Balaban J connectivity index is 1.84. The molecule has 0 bridgehead atoms. The first kappa shape index (κ1) is 14.0. The monoisotopic (exact) mass is 306 g/mol. The highest BCUT2D eigenvalue weighted by molar-refractivity contribution is 5.85. The van der Waals surface area contributed by atoms with Gasteiger partial charge in [0, 0.05) is 23.7 Å². The maximum atomic E-state index is 12.2. The molecule has 4 atom stereocenters. The van der Waals surface area contributed by atoms with Crippen LogP contribution in [0, 0.1) is 35.5 Å². The molecule has 4 rings (SSSR count). The zero-order chi connectivity index (χ0) is 15.9. The van der Waals surface area contributed by atoms with Gasteiger partial charge < -0.3 is 19.7 Å². The van der Waals surface area contributed by atoms with Gasteiger partial charge in [0.25, 0.3) is 0 Å². The molecule has 0 amide bonds. The van der Waals surface area contributed by atoms with Crippen molar-refractivity contribution in [3.8, 4) is 0 Å². The quantitative estimate of drug-likeness (QED) is 0.535. The van der Waals surface area contributed by atoms with Crippen LogP contribution in [0.4, 0.5) is 0 Å². The lowest BCUT2D eigenvalue weighted by Gasteiger charge is -2.33. The average molecular weight is 306 g/mol. The summed E-state index contributed by atoms with van der Waals surface area (Å²) in [5, 5.41) is 22.1. The summed E-state index contributed by atoms with van der Waals surface area (Å²) in [5.74, 6) is -3.46. The Bertz CT molecular complexity index is 538. The number of rotatable bonds is 2. The van der Waals surface area contributed by atoms with E-state index in [9.17, 15) is 19.8 Å². The van der Waals surface area contributed by atoms with Gasteiger partial charge in [-0.1, -0.05) is 24.3 Å². The van der Waals surface area contributed by atoms with E-state index in [0.29, 0.717) is 0 Å². The van der Waals surface area contributed by atoms with Crippen LogP contribution in [-0.4, -0.2) is 47.6 Å². The third-order valence-corrected chi connectivity index (χ3v) is 6.21. The fourth-order valence-corrected chi connectivity index (χ4v) is 5.47. The summed E-state index contributed by atoms with van der Waals surface area (Å²) in [5.41, 5.74) is -3.25. The number of aliphatic hydroxyl groups is 2. The fraction of sp³-hybridized carbons (Fsp3) is 0.625. The van der Waals surface area contributed by atoms with E-state index in [1.807, 2.05) is 0 Å². The van der Waals surface area contributed by atoms with E-state index in [0.717, 1.165) is 0 Å². The standard InChI is InChI=1S/C16H18O6/c1-21-13(17)15(19)7-3-5-9-11(7)12-8(15)4-6-10(12)16(9,20)14(18)22-2/h3-12,19-20H,1-2H3. The first-order valence-corrected chi connectivity index (χ1v) is 7.40. The lowest BCUT2D eigenvalue weighted by Crippen LogP contribution is -2.52. The van der Waals surface area contributed by atoms with E-state index >= 15 is 0 Å². The van der Waals surface area contributed by atoms with Crippen LogP contribution in [0.3, 0.4) is 0 Å². The Morgan fingerprint density at radius 2 is 1.05 bits per heavy atom. The zero-order valence-corrected chi connectivity index (χ0v) is 12.3. The first-order valence-electron chi connectivity index (χ1n) is 7.40. The SMILES string of the molecule is COC(=O)C1(O)C2C=CC3C2C2C1C=CC2C3(O)C(=O)OC. The Morgan fingerprint density at radius 1 is 0.773 bits per heavy atom. The third kappa shape index (κ3) is 1.18. The van der Waals surface area contributed by atoms with Crippen LogP contribution in [0.25, 0.3) is 0 Å². The van der Waals surface area contributed by atoms with Gasteiger partial charge in [0.15, 0.2) is 11.2 Å². The second-order valence-corrected chi connectivity index (χ2v) is 6.66. The molecule has 0 aromatic carbocycles. The van der Waals surface area contributed by atoms with Crippen molar-refractivity contribution < 1.29 is 29.3 Å². The molecule has 4 aliphatic carbocycles. The van der Waals surface area contributed by atoms with Crippen LogP contribution in [0.1, 0.15) is 0 Å². The molecule has 0 radical (unpaired) electrons. The largest absolute Gasteiger partial charge is 0.467 e. The predicted octanol–water partition coefficient (Wildman–Crippen LogP) is -0.341. The first-order chi connectivity index (χ1) is 10.4. The van der Waals surface area contributed by atoms with Gasteiger partial charge in [0.1, 0.15) is 0 Å². The zero-order valence-electron chi connectivity index (χ0n) is 12.3. The molecule has 6 nitrogen and oxygen atoms in total. The van der Waals surface area contributed by atoms with Crippen molar-refractivity contribution in [3.05, 3.63) is 24.3 Å². The molecule has 4 aliphatic rings. The second kappa shape index (κ2) is 4.00. The van der Waals surface area contributed by atoms with Gasteiger partial charge >= 0.3 is 11.9 Å². The van der Waals surface area contributed by atoms with Crippen LogP contribution in [0.2, 0.25) is 0 Å². The van der Waals surface area contributed by atoms with Gasteiger partial charge in [-0.3, -0.25) is 0 Å². The number of methoxy groups -OCH3 is 2. The molecule has 0 aromatic heterocycles. The summed E-state index contributed by atoms with van der Waals surface area (Å²) in [7, 11) is 2.51. The van der Waals surface area contributed by atoms with Crippen LogP contribution in [-0.2, 0) is 19.1 Å². The summed E-state index contributed by atoms with van der Waals surface area (Å²) in [6.45, 7) is 0. The van der Waals surface area contributed by atoms with Crippen molar-refractivity contribution in [1.82, 2.24) is 0 Å². The number of esters is 2. The summed E-state index contributed by atoms with van der Waals surface area (Å²) < 4.78 is 9.63. The number of carbonyl (C=O) groups excluding carboxylic acids is 2. The minimum atomic E-state index is -1.63. The maximum absolute atomic E-state index is 12.2. The summed E-state index contributed by atoms with van der Waals surface area (Å²) >= 11 is 0. The smallest absolute Gasteiger partial charge is 0.339 e. The molecule has 2 saturated carbocycles. The van der Waals surface area contributed by atoms with Gasteiger partial charge in [-0.25, -0.2) is 9.59 Å². The van der Waals surface area contributed by atoms with Crippen molar-refractivity contribution in [2.24, 2.45) is 35.5 Å². The van der Waals surface area contributed by atoms with E-state index in [4.69, 9.17) is 9.47 Å². The minimum absolute atomic E-state index is 0.168. The molecule has 6 heteroatoms. The van der Waals surface area contributed by atoms with Crippen molar-refractivity contribution in [2.45, 2.75) is 11.2 Å². The molecule has 118 valence electrons. The number of carbonyl (C=O) groups is 2. The number of hydrogen-bond donors (Lipinski definition) is 2. The van der Waals surface area contributed by atoms with Gasteiger partial charge in [-0.15, -0.1) is 0 Å². The molecule has 0 heterocycles. The number of hydrogen-bond acceptors (Lipinski definition) is 6. The lowest BCUT2D eigenvalue weighted by atomic mass is 9.78. The molecule has 2 fully saturated rings. The van der Waals surface area contributed by atoms with Gasteiger partial charge in [-0.05, 0) is 11.8 Å². The Hall–Kier alpha value is -1.66. The number of ether oxygens (including phenoxy) is 2. The molecule has 22 heavy (non-hydrogen) atoms. The third-order valence-electron chi connectivity index (χ3n) is 6.21. The topological polar surface area (TPSA) is 93.1 Å². The molecule has 0 aliphatic heterocycles. The van der Waals surface area contributed by atoms with Crippen molar-refractivity contribution >= 4 is 11.9 Å². The van der Waals surface area contributed by atoms with Crippen molar-refractivity contribution in [3.63, 3.8) is 0 Å². The van der Waals surface area contributed by atoms with Gasteiger partial charge in [-0.2, -0.15) is 0 Å². The summed E-state index contributed by atoms with van der Waals surface area (Å²) in [4.78, 5) is 24.4. The maximum Gasteiger partial charge on any atom is 0.339 e. The lowest BCUT2D eigenvalue weighted by molar-refractivity contribution is -0.174. The predicted molar refractivity (Wildman–Crippen MR) is 73.2 cm³/mol. The minimum Gasteiger partial charge on any atom is -0.467 e. The van der Waals surface area contributed by atoms with Crippen LogP contribution in [0.5, 0.6) is 0 Å². The highest BCUT2D eigenvalue weighted by Gasteiger charge is 2.77. The molecule has 0 spiro atoms. The van der Waals surface area contributed by atoms with E-state index in [-0.39, 0.29) is 11.8 Å². The molecule has 0 aromatic rings. The van der Waals surface area contributed by atoms with Crippen molar-refractivity contribution in [2.75, 3.05) is 14.2 Å². The van der Waals surface area contributed by atoms with Gasteiger partial charge in [0.2, 0.25) is 0 Å². The molecule has 4 unspecified atom stereocenters. The second-order valence-electron chi connectivity index (χ2n) is 6.66. The summed E-state index contributed by atoms with van der Waals surface area (Å²) in [6, 6.07) is 0. The molecular weight excluding hydrogens is 288 g/mol. The normalized spacial score (nSPS) is 52.9. The molecule has 0 saturated heterocycles. The molecular formula is C16H18O6. The average Bonchev–Trinajstić information content (AvgIpc) is 3.22. The highest BCUT2D eigenvalue weighted by Crippen LogP contribution is 2.69. The van der Waals surface area contributed by atoms with E-state index in [1.165, 1.54) is 14.2 Å². The molecule has 2 N–H and O–H groups in total. The van der Waals surface area contributed by atoms with E-state index in [2.05, 4.69) is 0 Å². The fourth-order valence-electron chi connectivity index (χ4n) is 5.47. The Kier molecular flexibility index (Phi) is 2.54. The summed E-state index contributed by atoms with van der Waals surface area (Å²) in [6.07, 6.45) is 6.95. The Morgan fingerprint density at radius 3 is 1.27 bits per heavy atom. The highest BCUT2D eigenvalue weighted by atomic mass is 16.5. The van der Waals surface area contributed by atoms with E-state index < -0.39 is 46.8 Å². The Labute approximate surface area is 127 Å². The van der Waals surface area contributed by atoms with Crippen LogP contribution >= 0.6 is 0 Å². The van der Waals surface area contributed by atoms with Crippen molar-refractivity contribution in [1.29, 1.82) is 0 Å².